The third kappa shape index (κ3) is 2.50. The van der Waals surface area contributed by atoms with Crippen LogP contribution in [0.4, 0.5) is 0 Å². The Morgan fingerprint density at radius 3 is 2.37 bits per heavy atom. The molecule has 0 aliphatic rings. The predicted octanol–water partition coefficient (Wildman–Crippen LogP) is 2.87. The summed E-state index contributed by atoms with van der Waals surface area (Å²) in [5.74, 6) is -1.25. The van der Waals surface area contributed by atoms with Crippen LogP contribution >= 0.6 is 11.6 Å². The van der Waals surface area contributed by atoms with Crippen LogP contribution in [0.25, 0.3) is 5.69 Å². The number of aliphatic hydroxyl groups excluding tert-OH is 1. The molecule has 2 rings (SSSR count). The van der Waals surface area contributed by atoms with Crippen LogP contribution in [-0.2, 0) is 4.79 Å². The number of aliphatic hydroxyl groups is 1. The lowest BCUT2D eigenvalue weighted by Crippen LogP contribution is -2.11. The van der Waals surface area contributed by atoms with Crippen LogP contribution in [0.15, 0.2) is 30.3 Å². The Bertz CT molecular complexity index is 616. The minimum absolute atomic E-state index is 0.403. The fraction of sp³-hybridized carbons (Fsp3) is 0.214. The van der Waals surface area contributed by atoms with Crippen molar-refractivity contribution in [3.63, 3.8) is 0 Å². The van der Waals surface area contributed by atoms with Gasteiger partial charge in [0.2, 0.25) is 0 Å². The Kier molecular flexibility index (Phi) is 3.64. The third-order valence-corrected chi connectivity index (χ3v) is 3.34. The van der Waals surface area contributed by atoms with E-state index in [1.807, 2.05) is 23.6 Å². The van der Waals surface area contributed by atoms with Gasteiger partial charge in [0.25, 0.3) is 0 Å². The highest BCUT2D eigenvalue weighted by Gasteiger charge is 2.22. The second-order valence-corrected chi connectivity index (χ2v) is 4.82. The Balaban J connectivity index is 2.53. The van der Waals surface area contributed by atoms with Gasteiger partial charge in [0.15, 0.2) is 6.10 Å². The molecule has 0 saturated carbocycles. The molecule has 0 bridgehead atoms. The first-order valence-corrected chi connectivity index (χ1v) is 6.15. The van der Waals surface area contributed by atoms with Crippen molar-refractivity contribution in [2.45, 2.75) is 20.0 Å². The fourth-order valence-corrected chi connectivity index (χ4v) is 2.31. The summed E-state index contributed by atoms with van der Waals surface area (Å²) in [6.45, 7) is 3.64. The summed E-state index contributed by atoms with van der Waals surface area (Å²) in [7, 11) is 0. The molecule has 1 heterocycles. The van der Waals surface area contributed by atoms with Gasteiger partial charge < -0.3 is 14.8 Å². The maximum Gasteiger partial charge on any atom is 0.337 e. The summed E-state index contributed by atoms with van der Waals surface area (Å²) in [6.07, 6.45) is -1.51. The van der Waals surface area contributed by atoms with Crippen molar-refractivity contribution in [2.24, 2.45) is 0 Å². The number of halogens is 1. The lowest BCUT2D eigenvalue weighted by Gasteiger charge is -2.11. The van der Waals surface area contributed by atoms with Gasteiger partial charge in [0.05, 0.1) is 0 Å². The van der Waals surface area contributed by atoms with E-state index in [1.165, 1.54) is 0 Å². The molecule has 2 aromatic rings. The summed E-state index contributed by atoms with van der Waals surface area (Å²) in [4.78, 5) is 10.9. The number of hydrogen-bond acceptors (Lipinski definition) is 2. The first-order valence-electron chi connectivity index (χ1n) is 5.77. The number of aliphatic carboxylic acids is 1. The van der Waals surface area contributed by atoms with E-state index in [9.17, 15) is 9.90 Å². The normalized spacial score (nSPS) is 12.4. The van der Waals surface area contributed by atoms with Crippen molar-refractivity contribution in [1.29, 1.82) is 0 Å². The number of carboxylic acids is 1. The van der Waals surface area contributed by atoms with Gasteiger partial charge in [0.1, 0.15) is 0 Å². The molecule has 100 valence electrons. The molecule has 1 aromatic carbocycles. The first kappa shape index (κ1) is 13.6. The molecular formula is C14H14ClNO3. The zero-order valence-corrected chi connectivity index (χ0v) is 11.3. The van der Waals surface area contributed by atoms with Crippen LogP contribution in [0.2, 0.25) is 5.02 Å². The fourth-order valence-electron chi connectivity index (χ4n) is 2.18. The molecule has 19 heavy (non-hydrogen) atoms. The number of benzene rings is 1. The number of aromatic nitrogens is 1. The highest BCUT2D eigenvalue weighted by Crippen LogP contribution is 2.26. The quantitative estimate of drug-likeness (QED) is 0.908. The van der Waals surface area contributed by atoms with Crippen LogP contribution in [0.5, 0.6) is 0 Å². The van der Waals surface area contributed by atoms with Crippen molar-refractivity contribution in [3.8, 4) is 5.69 Å². The van der Waals surface area contributed by atoms with Gasteiger partial charge >= 0.3 is 5.97 Å². The molecule has 1 unspecified atom stereocenters. The molecule has 1 atom stereocenters. The van der Waals surface area contributed by atoms with Gasteiger partial charge in [-0.15, -0.1) is 0 Å². The smallest absolute Gasteiger partial charge is 0.337 e. The first-order chi connectivity index (χ1) is 8.91. The number of hydrogen-bond donors (Lipinski definition) is 2. The van der Waals surface area contributed by atoms with E-state index in [4.69, 9.17) is 16.7 Å². The highest BCUT2D eigenvalue weighted by atomic mass is 35.5. The summed E-state index contributed by atoms with van der Waals surface area (Å²) in [5.41, 5.74) is 2.84. The minimum atomic E-state index is -1.51. The maximum atomic E-state index is 10.9. The lowest BCUT2D eigenvalue weighted by atomic mass is 10.1. The van der Waals surface area contributed by atoms with E-state index in [0.29, 0.717) is 16.3 Å². The SMILES string of the molecule is Cc1cc(C(O)C(=O)O)c(C)n1-c1ccc(Cl)cc1. The lowest BCUT2D eigenvalue weighted by molar-refractivity contribution is -0.147. The minimum Gasteiger partial charge on any atom is -0.479 e. The van der Waals surface area contributed by atoms with Crippen LogP contribution < -0.4 is 0 Å². The van der Waals surface area contributed by atoms with Gasteiger partial charge in [-0.1, -0.05) is 11.6 Å². The average Bonchev–Trinajstić information content (AvgIpc) is 2.65. The number of carboxylic acid groups (broad SMARTS) is 1. The molecule has 1 aromatic heterocycles. The van der Waals surface area contributed by atoms with Gasteiger partial charge in [0, 0.05) is 27.7 Å². The number of nitrogens with zero attached hydrogens (tertiary/aromatic N) is 1. The largest absolute Gasteiger partial charge is 0.479 e. The van der Waals surface area contributed by atoms with Crippen LogP contribution in [0.1, 0.15) is 23.1 Å². The van der Waals surface area contributed by atoms with Crippen LogP contribution in [0, 0.1) is 13.8 Å². The third-order valence-electron chi connectivity index (χ3n) is 3.08. The van der Waals surface area contributed by atoms with Gasteiger partial charge in [-0.2, -0.15) is 0 Å². The zero-order valence-electron chi connectivity index (χ0n) is 10.6. The Morgan fingerprint density at radius 2 is 1.84 bits per heavy atom. The second kappa shape index (κ2) is 5.07. The summed E-state index contributed by atoms with van der Waals surface area (Å²) in [6, 6.07) is 8.91. The standard InChI is InChI=1S/C14H14ClNO3/c1-8-7-12(13(17)14(18)19)9(2)16(8)11-5-3-10(15)4-6-11/h3-7,13,17H,1-2H3,(H,18,19). The topological polar surface area (TPSA) is 62.5 Å². The van der Waals surface area contributed by atoms with E-state index in [-0.39, 0.29) is 0 Å². The summed E-state index contributed by atoms with van der Waals surface area (Å²) < 4.78 is 1.89. The Morgan fingerprint density at radius 1 is 1.26 bits per heavy atom. The molecule has 0 aliphatic carbocycles. The molecule has 0 saturated heterocycles. The molecule has 0 spiro atoms. The van der Waals surface area contributed by atoms with Gasteiger partial charge in [-0.3, -0.25) is 0 Å². The number of carbonyl (C=O) groups is 1. The molecule has 4 nitrogen and oxygen atoms in total. The second-order valence-electron chi connectivity index (χ2n) is 4.38. The number of rotatable bonds is 3. The molecule has 2 N–H and O–H groups in total. The van der Waals surface area contributed by atoms with Crippen LogP contribution in [-0.4, -0.2) is 20.7 Å². The molecule has 0 aliphatic heterocycles. The van der Waals surface area contributed by atoms with Crippen molar-refractivity contribution in [2.75, 3.05) is 0 Å². The maximum absolute atomic E-state index is 10.9. The Labute approximate surface area is 115 Å². The Hall–Kier alpha value is -1.78. The molecule has 0 fully saturated rings. The highest BCUT2D eigenvalue weighted by molar-refractivity contribution is 6.30. The van der Waals surface area contributed by atoms with E-state index in [2.05, 4.69) is 0 Å². The van der Waals surface area contributed by atoms with E-state index in [1.54, 1.807) is 25.1 Å². The molecule has 5 heteroatoms. The predicted molar refractivity (Wildman–Crippen MR) is 72.8 cm³/mol. The van der Waals surface area contributed by atoms with Crippen molar-refractivity contribution < 1.29 is 15.0 Å². The van der Waals surface area contributed by atoms with E-state index in [0.717, 1.165) is 11.4 Å². The zero-order chi connectivity index (χ0) is 14.2. The monoisotopic (exact) mass is 279 g/mol. The van der Waals surface area contributed by atoms with Crippen molar-refractivity contribution >= 4 is 17.6 Å². The average molecular weight is 280 g/mol. The van der Waals surface area contributed by atoms with Gasteiger partial charge in [-0.05, 0) is 44.2 Å². The van der Waals surface area contributed by atoms with Crippen molar-refractivity contribution in [3.05, 3.63) is 52.3 Å². The molecule has 0 radical (unpaired) electrons. The van der Waals surface area contributed by atoms with Crippen molar-refractivity contribution in [1.82, 2.24) is 4.57 Å². The molecular weight excluding hydrogens is 266 g/mol. The molecule has 0 amide bonds. The van der Waals surface area contributed by atoms with E-state index < -0.39 is 12.1 Å². The van der Waals surface area contributed by atoms with E-state index >= 15 is 0 Å². The summed E-state index contributed by atoms with van der Waals surface area (Å²) >= 11 is 5.85. The van der Waals surface area contributed by atoms with Gasteiger partial charge in [-0.25, -0.2) is 4.79 Å². The van der Waals surface area contributed by atoms with Crippen LogP contribution in [0.3, 0.4) is 0 Å². The summed E-state index contributed by atoms with van der Waals surface area (Å²) in [5, 5.41) is 19.2. The number of aryl methyl sites for hydroxylation is 1.